The topological polar surface area (TPSA) is 90.7 Å². The van der Waals surface area contributed by atoms with E-state index in [0.29, 0.717) is 24.0 Å². The maximum atomic E-state index is 11.9. The van der Waals surface area contributed by atoms with Crippen molar-refractivity contribution in [2.24, 2.45) is 0 Å². The molecule has 1 aliphatic heterocycles. The van der Waals surface area contributed by atoms with E-state index in [1.165, 1.54) is 0 Å². The van der Waals surface area contributed by atoms with E-state index < -0.39 is 11.7 Å². The second kappa shape index (κ2) is 6.24. The van der Waals surface area contributed by atoms with Gasteiger partial charge in [-0.2, -0.15) is 0 Å². The smallest absolute Gasteiger partial charge is 0.414 e. The number of hydrogen-bond acceptors (Lipinski definition) is 6. The van der Waals surface area contributed by atoms with E-state index in [1.54, 1.807) is 27.0 Å². The number of fused-ring (bicyclic) bond motifs is 1. The Morgan fingerprint density at radius 1 is 1.46 bits per heavy atom. The Hall–Kier alpha value is -2.41. The third kappa shape index (κ3) is 3.41. The molecule has 1 aliphatic rings. The van der Waals surface area contributed by atoms with Crippen molar-refractivity contribution in [1.82, 2.24) is 4.98 Å². The summed E-state index contributed by atoms with van der Waals surface area (Å²) in [5.74, 6) is 0.315. The molecule has 128 valence electrons. The Morgan fingerprint density at radius 2 is 2.25 bits per heavy atom. The number of carbonyl (C=O) groups is 2. The molecule has 1 N–H and O–H groups in total. The standard InChI is InChI=1S/C17H20N2O5/c1-17(2,3)24-16(21)19-15-12(8-20)14-13(23-15)6-11(7-18-14)10-4-5-22-9-10/h6-8,10H,4-5,9H2,1-3H3,(H,19,21). The van der Waals surface area contributed by atoms with Crippen LogP contribution in [0, 0.1) is 0 Å². The van der Waals surface area contributed by atoms with Crippen LogP contribution in [0.25, 0.3) is 11.1 Å². The molecule has 7 nitrogen and oxygen atoms in total. The minimum Gasteiger partial charge on any atom is -0.444 e. The predicted molar refractivity (Wildman–Crippen MR) is 87.4 cm³/mol. The molecule has 1 fully saturated rings. The first-order valence-corrected chi connectivity index (χ1v) is 7.83. The van der Waals surface area contributed by atoms with E-state index in [0.717, 1.165) is 18.6 Å². The molecule has 0 bridgehead atoms. The molecule has 1 saturated heterocycles. The van der Waals surface area contributed by atoms with Crippen molar-refractivity contribution >= 4 is 29.4 Å². The van der Waals surface area contributed by atoms with Gasteiger partial charge in [0.05, 0.1) is 6.61 Å². The zero-order chi connectivity index (χ0) is 17.3. The molecule has 0 saturated carbocycles. The summed E-state index contributed by atoms with van der Waals surface area (Å²) in [4.78, 5) is 27.6. The van der Waals surface area contributed by atoms with Gasteiger partial charge in [-0.25, -0.2) is 4.79 Å². The predicted octanol–water partition coefficient (Wildman–Crippen LogP) is 3.49. The monoisotopic (exact) mass is 332 g/mol. The molecular weight excluding hydrogens is 312 g/mol. The van der Waals surface area contributed by atoms with Crippen LogP contribution in [-0.4, -0.2) is 36.2 Å². The van der Waals surface area contributed by atoms with Crippen LogP contribution in [0.2, 0.25) is 0 Å². The molecule has 0 radical (unpaired) electrons. The normalized spacial score (nSPS) is 17.9. The van der Waals surface area contributed by atoms with Crippen LogP contribution in [-0.2, 0) is 9.47 Å². The van der Waals surface area contributed by atoms with Gasteiger partial charge < -0.3 is 13.9 Å². The Labute approximate surface area is 139 Å². The molecule has 1 atom stereocenters. The molecule has 2 aromatic rings. The van der Waals surface area contributed by atoms with Gasteiger partial charge in [-0.15, -0.1) is 0 Å². The molecule has 3 heterocycles. The van der Waals surface area contributed by atoms with Crippen LogP contribution in [0.5, 0.6) is 0 Å². The fourth-order valence-corrected chi connectivity index (χ4v) is 2.63. The van der Waals surface area contributed by atoms with Crippen LogP contribution in [0.1, 0.15) is 49.0 Å². The minimum absolute atomic E-state index is 0.0431. The molecule has 3 rings (SSSR count). The molecule has 24 heavy (non-hydrogen) atoms. The fraction of sp³-hybridized carbons (Fsp3) is 0.471. The number of anilines is 1. The van der Waals surface area contributed by atoms with Crippen molar-refractivity contribution in [3.8, 4) is 0 Å². The van der Waals surface area contributed by atoms with E-state index in [2.05, 4.69) is 10.3 Å². The van der Waals surface area contributed by atoms with E-state index in [1.807, 2.05) is 6.07 Å². The second-order valence-electron chi connectivity index (χ2n) is 6.77. The summed E-state index contributed by atoms with van der Waals surface area (Å²) in [5, 5.41) is 2.47. The third-order valence-electron chi connectivity index (χ3n) is 3.72. The lowest BCUT2D eigenvalue weighted by molar-refractivity contribution is 0.0633. The fourth-order valence-electron chi connectivity index (χ4n) is 2.63. The van der Waals surface area contributed by atoms with Gasteiger partial charge in [0.25, 0.3) is 0 Å². The Morgan fingerprint density at radius 3 is 2.88 bits per heavy atom. The number of nitrogens with one attached hydrogen (secondary N) is 1. The molecular formula is C17H20N2O5. The lowest BCUT2D eigenvalue weighted by Crippen LogP contribution is -2.27. The zero-order valence-electron chi connectivity index (χ0n) is 13.9. The third-order valence-corrected chi connectivity index (χ3v) is 3.72. The number of furan rings is 1. The molecule has 0 aromatic carbocycles. The summed E-state index contributed by atoms with van der Waals surface area (Å²) in [5.41, 5.74) is 1.41. The highest BCUT2D eigenvalue weighted by atomic mass is 16.6. The molecule has 2 aromatic heterocycles. The van der Waals surface area contributed by atoms with Gasteiger partial charge in [0, 0.05) is 18.7 Å². The van der Waals surface area contributed by atoms with Crippen LogP contribution in [0.3, 0.4) is 0 Å². The van der Waals surface area contributed by atoms with Gasteiger partial charge in [-0.1, -0.05) is 0 Å². The van der Waals surface area contributed by atoms with E-state index >= 15 is 0 Å². The minimum atomic E-state index is -0.686. The maximum absolute atomic E-state index is 11.9. The van der Waals surface area contributed by atoms with E-state index in [9.17, 15) is 9.59 Å². The lowest BCUT2D eigenvalue weighted by Gasteiger charge is -2.19. The summed E-state index contributed by atoms with van der Waals surface area (Å²) in [6.45, 7) is 6.64. The zero-order valence-corrected chi connectivity index (χ0v) is 13.9. The SMILES string of the molecule is CC(C)(C)OC(=O)Nc1oc2cc(C3CCOC3)cnc2c1C=O. The summed E-state index contributed by atoms with van der Waals surface area (Å²) < 4.78 is 16.2. The molecule has 0 spiro atoms. The van der Waals surface area contributed by atoms with Crippen molar-refractivity contribution < 1.29 is 23.5 Å². The van der Waals surface area contributed by atoms with Gasteiger partial charge in [0.1, 0.15) is 16.7 Å². The number of aldehydes is 1. The molecule has 7 heteroatoms. The van der Waals surface area contributed by atoms with Gasteiger partial charge in [-0.3, -0.25) is 15.1 Å². The average molecular weight is 332 g/mol. The first-order valence-electron chi connectivity index (χ1n) is 7.83. The van der Waals surface area contributed by atoms with Gasteiger partial charge in [0.2, 0.25) is 5.88 Å². The quantitative estimate of drug-likeness (QED) is 0.865. The summed E-state index contributed by atoms with van der Waals surface area (Å²) in [7, 11) is 0. The number of amides is 1. The van der Waals surface area contributed by atoms with Crippen molar-refractivity contribution in [2.75, 3.05) is 18.5 Å². The second-order valence-corrected chi connectivity index (χ2v) is 6.77. The number of rotatable bonds is 3. The first kappa shape index (κ1) is 16.4. The summed E-state index contributed by atoms with van der Waals surface area (Å²) in [6.07, 6.45) is 2.58. The Bertz CT molecular complexity index is 769. The molecule has 1 amide bonds. The number of carbonyl (C=O) groups excluding carboxylic acids is 2. The van der Waals surface area contributed by atoms with Crippen molar-refractivity contribution in [1.29, 1.82) is 0 Å². The van der Waals surface area contributed by atoms with Crippen LogP contribution in [0.4, 0.5) is 10.7 Å². The van der Waals surface area contributed by atoms with Gasteiger partial charge in [-0.05, 0) is 38.8 Å². The number of pyridine rings is 1. The van der Waals surface area contributed by atoms with Crippen molar-refractivity contribution in [2.45, 2.75) is 38.7 Å². The summed E-state index contributed by atoms with van der Waals surface area (Å²) >= 11 is 0. The lowest BCUT2D eigenvalue weighted by atomic mass is 10.0. The van der Waals surface area contributed by atoms with E-state index in [4.69, 9.17) is 13.9 Å². The molecule has 0 aliphatic carbocycles. The van der Waals surface area contributed by atoms with Gasteiger partial charge >= 0.3 is 6.09 Å². The highest BCUT2D eigenvalue weighted by molar-refractivity contribution is 6.02. The number of aromatic nitrogens is 1. The highest BCUT2D eigenvalue weighted by Gasteiger charge is 2.23. The number of nitrogens with zero attached hydrogens (tertiary/aromatic N) is 1. The maximum Gasteiger partial charge on any atom is 0.414 e. The largest absolute Gasteiger partial charge is 0.444 e. The Balaban J connectivity index is 1.90. The summed E-state index contributed by atoms with van der Waals surface area (Å²) in [6, 6.07) is 1.84. The van der Waals surface area contributed by atoms with Crippen molar-refractivity contribution in [3.63, 3.8) is 0 Å². The first-order chi connectivity index (χ1) is 11.4. The van der Waals surface area contributed by atoms with Crippen molar-refractivity contribution in [3.05, 3.63) is 23.4 Å². The average Bonchev–Trinajstić information content (AvgIpc) is 3.11. The molecule has 1 unspecified atom stereocenters. The van der Waals surface area contributed by atoms with E-state index in [-0.39, 0.29) is 17.4 Å². The number of hydrogen-bond donors (Lipinski definition) is 1. The van der Waals surface area contributed by atoms with Gasteiger partial charge in [0.15, 0.2) is 11.9 Å². The highest BCUT2D eigenvalue weighted by Crippen LogP contribution is 2.32. The number of ether oxygens (including phenoxy) is 2. The van der Waals surface area contributed by atoms with Crippen LogP contribution >= 0.6 is 0 Å². The Kier molecular flexibility index (Phi) is 4.28. The van der Waals surface area contributed by atoms with Crippen LogP contribution in [0.15, 0.2) is 16.7 Å². The van der Waals surface area contributed by atoms with Crippen LogP contribution < -0.4 is 5.32 Å².